The summed E-state index contributed by atoms with van der Waals surface area (Å²) < 4.78 is 5.17. The highest BCUT2D eigenvalue weighted by molar-refractivity contribution is 6.35. The van der Waals surface area contributed by atoms with Gasteiger partial charge >= 0.3 is 0 Å². The van der Waals surface area contributed by atoms with Crippen LogP contribution in [-0.2, 0) is 0 Å². The summed E-state index contributed by atoms with van der Waals surface area (Å²) >= 11 is 6.17. The number of methoxy groups -OCH3 is 1. The topological polar surface area (TPSA) is 54.1 Å². The summed E-state index contributed by atoms with van der Waals surface area (Å²) in [4.78, 5) is 15.7. The van der Waals surface area contributed by atoms with E-state index in [-0.39, 0.29) is 11.9 Å². The predicted molar refractivity (Wildman–Crippen MR) is 96.8 cm³/mol. The molecule has 1 unspecified atom stereocenters. The van der Waals surface area contributed by atoms with Gasteiger partial charge in [-0.2, -0.15) is 0 Å². The van der Waals surface area contributed by atoms with E-state index in [1.165, 1.54) is 0 Å². The van der Waals surface area contributed by atoms with Crippen molar-refractivity contribution < 1.29 is 9.53 Å². The molecule has 0 aliphatic rings. The lowest BCUT2D eigenvalue weighted by molar-refractivity contribution is 0.0931. The summed E-state index contributed by atoms with van der Waals surface area (Å²) in [5.41, 5.74) is 2.40. The van der Waals surface area contributed by atoms with E-state index in [9.17, 15) is 4.79 Å². The van der Waals surface area contributed by atoms with Crippen LogP contribution < -0.4 is 10.1 Å². The fourth-order valence-corrected chi connectivity index (χ4v) is 2.96. The lowest BCUT2D eigenvalue weighted by Gasteiger charge is -2.17. The van der Waals surface area contributed by atoms with Crippen LogP contribution in [0.1, 0.15) is 35.4 Å². The molecule has 124 valence electrons. The van der Waals surface area contributed by atoms with Crippen LogP contribution in [0.15, 0.2) is 48.5 Å². The Labute approximate surface area is 145 Å². The van der Waals surface area contributed by atoms with Gasteiger partial charge in [-0.05, 0) is 42.3 Å². The van der Waals surface area contributed by atoms with Crippen LogP contribution in [0.25, 0.3) is 10.9 Å². The minimum Gasteiger partial charge on any atom is -0.497 e. The summed E-state index contributed by atoms with van der Waals surface area (Å²) in [6, 6.07) is 15.0. The summed E-state index contributed by atoms with van der Waals surface area (Å²) in [6.45, 7) is 2.04. The van der Waals surface area contributed by atoms with Crippen LogP contribution >= 0.6 is 11.6 Å². The molecular formula is C19H19ClN2O2. The average Bonchev–Trinajstić information content (AvgIpc) is 3.05. The highest BCUT2D eigenvalue weighted by Gasteiger charge is 2.16. The van der Waals surface area contributed by atoms with Crippen LogP contribution in [-0.4, -0.2) is 18.0 Å². The maximum atomic E-state index is 12.6. The standard InChI is InChI=1S/C19H19ClN2O2/c1-3-16(12-7-9-13(24-2)10-8-12)22-19(23)18-11-14-15(20)5-4-6-17(14)21-18/h4-11,16,21H,3H2,1-2H3,(H,22,23). The quantitative estimate of drug-likeness (QED) is 0.705. The second kappa shape index (κ2) is 6.97. The zero-order valence-electron chi connectivity index (χ0n) is 13.6. The number of fused-ring (bicyclic) bond motifs is 1. The number of halogens is 1. The Bertz CT molecular complexity index is 855. The van der Waals surface area contributed by atoms with Gasteiger partial charge in [0.25, 0.3) is 5.91 Å². The molecule has 0 radical (unpaired) electrons. The Hall–Kier alpha value is -2.46. The molecule has 4 nitrogen and oxygen atoms in total. The highest BCUT2D eigenvalue weighted by Crippen LogP contribution is 2.25. The number of H-pyrrole nitrogens is 1. The number of carbonyl (C=O) groups is 1. The van der Waals surface area contributed by atoms with Crippen LogP contribution in [0.5, 0.6) is 5.75 Å². The summed E-state index contributed by atoms with van der Waals surface area (Å²) in [7, 11) is 1.63. The van der Waals surface area contributed by atoms with E-state index in [1.807, 2.05) is 49.4 Å². The van der Waals surface area contributed by atoms with Gasteiger partial charge in [-0.15, -0.1) is 0 Å². The van der Waals surface area contributed by atoms with Crippen molar-refractivity contribution in [1.29, 1.82) is 0 Å². The van der Waals surface area contributed by atoms with Crippen molar-refractivity contribution in [2.45, 2.75) is 19.4 Å². The third kappa shape index (κ3) is 3.24. The maximum Gasteiger partial charge on any atom is 0.268 e. The molecule has 0 spiro atoms. The van der Waals surface area contributed by atoms with Gasteiger partial charge in [0.15, 0.2) is 0 Å². The number of hydrogen-bond acceptors (Lipinski definition) is 2. The molecule has 1 atom stereocenters. The molecule has 0 fully saturated rings. The van der Waals surface area contributed by atoms with Gasteiger partial charge in [-0.1, -0.05) is 36.7 Å². The number of hydrogen-bond donors (Lipinski definition) is 2. The van der Waals surface area contributed by atoms with Crippen LogP contribution in [0, 0.1) is 0 Å². The molecule has 1 heterocycles. The molecule has 24 heavy (non-hydrogen) atoms. The summed E-state index contributed by atoms with van der Waals surface area (Å²) in [5.74, 6) is 0.648. The van der Waals surface area contributed by atoms with Crippen LogP contribution in [0.4, 0.5) is 0 Å². The molecule has 1 amide bonds. The number of aromatic nitrogens is 1. The number of ether oxygens (including phenoxy) is 1. The summed E-state index contributed by atoms with van der Waals surface area (Å²) in [5, 5.41) is 4.54. The molecule has 1 aromatic heterocycles. The largest absolute Gasteiger partial charge is 0.497 e. The number of nitrogens with one attached hydrogen (secondary N) is 2. The smallest absolute Gasteiger partial charge is 0.268 e. The molecule has 0 saturated heterocycles. The lowest BCUT2D eigenvalue weighted by Crippen LogP contribution is -2.28. The van der Waals surface area contributed by atoms with E-state index in [2.05, 4.69) is 10.3 Å². The van der Waals surface area contributed by atoms with Crippen LogP contribution in [0.3, 0.4) is 0 Å². The van der Waals surface area contributed by atoms with Gasteiger partial charge in [0.1, 0.15) is 11.4 Å². The van der Waals surface area contributed by atoms with Gasteiger partial charge in [0.2, 0.25) is 0 Å². The third-order valence-electron chi connectivity index (χ3n) is 4.09. The van der Waals surface area contributed by atoms with Gasteiger partial charge in [-0.25, -0.2) is 0 Å². The van der Waals surface area contributed by atoms with Gasteiger partial charge in [0.05, 0.1) is 13.2 Å². The van der Waals surface area contributed by atoms with Crippen molar-refractivity contribution >= 4 is 28.4 Å². The first kappa shape index (κ1) is 16.4. The van der Waals surface area contributed by atoms with Gasteiger partial charge in [0, 0.05) is 15.9 Å². The fraction of sp³-hybridized carbons (Fsp3) is 0.211. The van der Waals surface area contributed by atoms with Crippen molar-refractivity contribution in [2.75, 3.05) is 7.11 Å². The zero-order valence-corrected chi connectivity index (χ0v) is 14.4. The number of benzene rings is 2. The Morgan fingerprint density at radius 1 is 1.25 bits per heavy atom. The average molecular weight is 343 g/mol. The van der Waals surface area contributed by atoms with E-state index < -0.39 is 0 Å². The summed E-state index contributed by atoms with van der Waals surface area (Å²) in [6.07, 6.45) is 0.791. The van der Waals surface area contributed by atoms with Crippen molar-refractivity contribution in [3.8, 4) is 5.75 Å². The Kier molecular flexibility index (Phi) is 4.76. The van der Waals surface area contributed by atoms with E-state index >= 15 is 0 Å². The van der Waals surface area contributed by atoms with Crippen LogP contribution in [0.2, 0.25) is 5.02 Å². The third-order valence-corrected chi connectivity index (χ3v) is 4.42. The zero-order chi connectivity index (χ0) is 17.1. The first-order valence-electron chi connectivity index (χ1n) is 7.84. The minimum atomic E-state index is -0.148. The molecule has 2 N–H and O–H groups in total. The SMILES string of the molecule is CCC(NC(=O)c1cc2c(Cl)cccc2[nH]1)c1ccc(OC)cc1. The normalized spacial score (nSPS) is 12.1. The molecule has 0 bridgehead atoms. The molecular weight excluding hydrogens is 324 g/mol. The molecule has 0 saturated carbocycles. The Balaban J connectivity index is 1.81. The number of aromatic amines is 1. The number of amides is 1. The first-order valence-corrected chi connectivity index (χ1v) is 8.22. The minimum absolute atomic E-state index is 0.0645. The van der Waals surface area contributed by atoms with Crippen molar-refractivity contribution in [3.63, 3.8) is 0 Å². The maximum absolute atomic E-state index is 12.6. The monoisotopic (exact) mass is 342 g/mol. The second-order valence-corrected chi connectivity index (χ2v) is 6.00. The molecule has 5 heteroatoms. The number of rotatable bonds is 5. The number of carbonyl (C=O) groups excluding carboxylic acids is 1. The van der Waals surface area contributed by atoms with E-state index in [0.29, 0.717) is 10.7 Å². The first-order chi connectivity index (χ1) is 11.6. The molecule has 3 rings (SSSR count). The fourth-order valence-electron chi connectivity index (χ4n) is 2.73. The molecule has 0 aliphatic carbocycles. The second-order valence-electron chi connectivity index (χ2n) is 5.59. The molecule has 3 aromatic rings. The van der Waals surface area contributed by atoms with Crippen molar-refractivity contribution in [3.05, 3.63) is 64.8 Å². The Morgan fingerprint density at radius 3 is 2.62 bits per heavy atom. The van der Waals surface area contributed by atoms with E-state index in [4.69, 9.17) is 16.3 Å². The highest BCUT2D eigenvalue weighted by atomic mass is 35.5. The lowest BCUT2D eigenvalue weighted by atomic mass is 10.0. The molecule has 2 aromatic carbocycles. The predicted octanol–water partition coefficient (Wildman–Crippen LogP) is 4.71. The van der Waals surface area contributed by atoms with Crippen molar-refractivity contribution in [1.82, 2.24) is 10.3 Å². The molecule has 0 aliphatic heterocycles. The van der Waals surface area contributed by atoms with E-state index in [1.54, 1.807) is 13.2 Å². The van der Waals surface area contributed by atoms with E-state index in [0.717, 1.165) is 28.6 Å². The Morgan fingerprint density at radius 2 is 2.00 bits per heavy atom. The van der Waals surface area contributed by atoms with Gasteiger partial charge in [-0.3, -0.25) is 4.79 Å². The van der Waals surface area contributed by atoms with Crippen molar-refractivity contribution in [2.24, 2.45) is 0 Å². The van der Waals surface area contributed by atoms with Gasteiger partial charge < -0.3 is 15.0 Å².